The molecule has 1 heterocycles. The summed E-state index contributed by atoms with van der Waals surface area (Å²) in [5, 5.41) is 2.80. The highest BCUT2D eigenvalue weighted by Crippen LogP contribution is 2.31. The Morgan fingerprint density at radius 3 is 2.75 bits per heavy atom. The second kappa shape index (κ2) is 6.74. The van der Waals surface area contributed by atoms with Gasteiger partial charge in [-0.2, -0.15) is 0 Å². The fourth-order valence-corrected chi connectivity index (χ4v) is 3.84. The van der Waals surface area contributed by atoms with Gasteiger partial charge >= 0.3 is 0 Å². The van der Waals surface area contributed by atoms with Gasteiger partial charge in [0.05, 0.1) is 25.8 Å². The van der Waals surface area contributed by atoms with E-state index in [2.05, 4.69) is 37.2 Å². The lowest BCUT2D eigenvalue weighted by Crippen LogP contribution is -2.27. The highest BCUT2D eigenvalue weighted by atomic mass is 79.9. The van der Waals surface area contributed by atoms with Crippen LogP contribution in [-0.4, -0.2) is 25.2 Å². The molecule has 0 bridgehead atoms. The van der Waals surface area contributed by atoms with E-state index in [0.717, 1.165) is 7.57 Å². The molecule has 0 saturated heterocycles. The molecule has 1 aromatic heterocycles. The number of carbonyl (C=O) groups is 1. The molecule has 0 aliphatic heterocycles. The summed E-state index contributed by atoms with van der Waals surface area (Å²) in [5.41, 5.74) is 0.654. The molecule has 0 aliphatic carbocycles. The molecule has 0 aliphatic rings. The van der Waals surface area contributed by atoms with E-state index in [1.54, 1.807) is 6.07 Å². The van der Waals surface area contributed by atoms with Gasteiger partial charge in [-0.1, -0.05) is 0 Å². The van der Waals surface area contributed by atoms with Crippen molar-refractivity contribution >= 4 is 49.1 Å². The Kier molecular flexibility index (Phi) is 5.96. The SMILES string of the molecule is CC(C)OCCNC(=O)c1cc(Br)sc1Br. The van der Waals surface area contributed by atoms with Crippen molar-refractivity contribution in [1.29, 1.82) is 0 Å². The Labute approximate surface area is 116 Å². The topological polar surface area (TPSA) is 38.3 Å². The van der Waals surface area contributed by atoms with Crippen LogP contribution < -0.4 is 5.32 Å². The van der Waals surface area contributed by atoms with Crippen LogP contribution in [0.25, 0.3) is 0 Å². The van der Waals surface area contributed by atoms with Gasteiger partial charge in [-0.3, -0.25) is 4.79 Å². The molecule has 0 spiro atoms. The van der Waals surface area contributed by atoms with Crippen LogP contribution in [0.3, 0.4) is 0 Å². The molecule has 1 amide bonds. The maximum absolute atomic E-state index is 11.7. The molecule has 1 N–H and O–H groups in total. The van der Waals surface area contributed by atoms with Gasteiger partial charge in [0.1, 0.15) is 0 Å². The molecule has 0 atom stereocenters. The number of hydrogen-bond acceptors (Lipinski definition) is 3. The molecule has 3 nitrogen and oxygen atoms in total. The number of nitrogens with one attached hydrogen (secondary N) is 1. The van der Waals surface area contributed by atoms with Crippen LogP contribution in [-0.2, 0) is 4.74 Å². The highest BCUT2D eigenvalue weighted by Gasteiger charge is 2.12. The fourth-order valence-electron chi connectivity index (χ4n) is 1.05. The van der Waals surface area contributed by atoms with Crippen LogP contribution in [0.5, 0.6) is 0 Å². The van der Waals surface area contributed by atoms with Gasteiger partial charge in [0.25, 0.3) is 5.91 Å². The average molecular weight is 371 g/mol. The van der Waals surface area contributed by atoms with Crippen LogP contribution in [0.4, 0.5) is 0 Å². The summed E-state index contributed by atoms with van der Waals surface area (Å²) in [7, 11) is 0. The molecule has 0 fully saturated rings. The van der Waals surface area contributed by atoms with Gasteiger partial charge in [-0.25, -0.2) is 0 Å². The molecular formula is C10H13Br2NO2S. The molecule has 0 aromatic carbocycles. The first-order chi connectivity index (χ1) is 7.50. The largest absolute Gasteiger partial charge is 0.377 e. The summed E-state index contributed by atoms with van der Waals surface area (Å²) in [5.74, 6) is -0.0822. The third kappa shape index (κ3) is 4.53. The van der Waals surface area contributed by atoms with Crippen LogP contribution >= 0.6 is 43.2 Å². The summed E-state index contributed by atoms with van der Waals surface area (Å²) in [6, 6.07) is 1.80. The minimum absolute atomic E-state index is 0.0822. The van der Waals surface area contributed by atoms with Crippen LogP contribution in [0.2, 0.25) is 0 Å². The van der Waals surface area contributed by atoms with Gasteiger partial charge in [0, 0.05) is 6.54 Å². The van der Waals surface area contributed by atoms with Crippen LogP contribution in [0, 0.1) is 0 Å². The van der Waals surface area contributed by atoms with E-state index in [1.807, 2.05) is 13.8 Å². The Morgan fingerprint density at radius 1 is 1.56 bits per heavy atom. The normalized spacial score (nSPS) is 10.8. The predicted octanol–water partition coefficient (Wildman–Crippen LogP) is 3.43. The van der Waals surface area contributed by atoms with Gasteiger partial charge in [-0.05, 0) is 51.8 Å². The van der Waals surface area contributed by atoms with Crippen molar-refractivity contribution in [1.82, 2.24) is 5.32 Å². The number of thiophene rings is 1. The standard InChI is InChI=1S/C10H13Br2NO2S/c1-6(2)15-4-3-13-10(14)7-5-8(11)16-9(7)12/h5-6H,3-4H2,1-2H3,(H,13,14). The van der Waals surface area contributed by atoms with Gasteiger partial charge in [-0.15, -0.1) is 11.3 Å². The zero-order valence-electron chi connectivity index (χ0n) is 9.05. The molecule has 0 unspecified atom stereocenters. The van der Waals surface area contributed by atoms with Gasteiger partial charge < -0.3 is 10.1 Å². The summed E-state index contributed by atoms with van der Waals surface area (Å²) in [6.45, 7) is 4.99. The van der Waals surface area contributed by atoms with Crippen molar-refractivity contribution in [2.45, 2.75) is 20.0 Å². The number of hydrogen-bond donors (Lipinski definition) is 1. The molecular weight excluding hydrogens is 358 g/mol. The minimum atomic E-state index is -0.0822. The lowest BCUT2D eigenvalue weighted by Gasteiger charge is -2.08. The van der Waals surface area contributed by atoms with E-state index in [4.69, 9.17) is 4.74 Å². The van der Waals surface area contributed by atoms with Gasteiger partial charge in [0.15, 0.2) is 0 Å². The number of carbonyl (C=O) groups excluding carboxylic acids is 1. The Morgan fingerprint density at radius 2 is 2.25 bits per heavy atom. The maximum atomic E-state index is 11.7. The van der Waals surface area contributed by atoms with Crippen molar-refractivity contribution in [3.05, 3.63) is 19.2 Å². The van der Waals surface area contributed by atoms with Crippen LogP contribution in [0.1, 0.15) is 24.2 Å². The molecule has 1 aromatic rings. The first kappa shape index (κ1) is 14.2. The summed E-state index contributed by atoms with van der Waals surface area (Å²) < 4.78 is 7.10. The smallest absolute Gasteiger partial charge is 0.253 e. The first-order valence-corrected chi connectivity index (χ1v) is 7.25. The zero-order valence-corrected chi connectivity index (χ0v) is 13.0. The molecule has 16 heavy (non-hydrogen) atoms. The lowest BCUT2D eigenvalue weighted by atomic mass is 10.3. The number of amides is 1. The first-order valence-electron chi connectivity index (χ1n) is 4.85. The summed E-state index contributed by atoms with van der Waals surface area (Å²) in [6.07, 6.45) is 0.193. The van der Waals surface area contributed by atoms with Crippen molar-refractivity contribution in [2.24, 2.45) is 0 Å². The number of ether oxygens (including phenoxy) is 1. The van der Waals surface area contributed by atoms with Crippen molar-refractivity contribution in [3.63, 3.8) is 0 Å². The zero-order chi connectivity index (χ0) is 12.1. The quantitative estimate of drug-likeness (QED) is 0.806. The van der Waals surface area contributed by atoms with Crippen LogP contribution in [0.15, 0.2) is 13.6 Å². The van der Waals surface area contributed by atoms with Crippen molar-refractivity contribution in [2.75, 3.05) is 13.2 Å². The predicted molar refractivity (Wildman–Crippen MR) is 73.1 cm³/mol. The monoisotopic (exact) mass is 369 g/mol. The summed E-state index contributed by atoms with van der Waals surface area (Å²) in [4.78, 5) is 11.7. The molecule has 1 rings (SSSR count). The van der Waals surface area contributed by atoms with E-state index in [0.29, 0.717) is 18.7 Å². The van der Waals surface area contributed by atoms with Crippen molar-refractivity contribution in [3.8, 4) is 0 Å². The third-order valence-corrected chi connectivity index (χ3v) is 4.08. The lowest BCUT2D eigenvalue weighted by molar-refractivity contribution is 0.0746. The van der Waals surface area contributed by atoms with E-state index >= 15 is 0 Å². The Balaban J connectivity index is 2.38. The van der Waals surface area contributed by atoms with E-state index in [1.165, 1.54) is 11.3 Å². The highest BCUT2D eigenvalue weighted by molar-refractivity contribution is 9.12. The minimum Gasteiger partial charge on any atom is -0.377 e. The second-order valence-corrected chi connectivity index (χ2v) is 7.16. The Bertz CT molecular complexity index is 366. The van der Waals surface area contributed by atoms with E-state index in [9.17, 15) is 4.79 Å². The molecule has 90 valence electrons. The summed E-state index contributed by atoms with van der Waals surface area (Å²) >= 11 is 8.17. The fraction of sp³-hybridized carbons (Fsp3) is 0.500. The third-order valence-electron chi connectivity index (χ3n) is 1.74. The van der Waals surface area contributed by atoms with Crippen molar-refractivity contribution < 1.29 is 9.53 Å². The second-order valence-electron chi connectivity index (χ2n) is 3.41. The number of halogens is 2. The molecule has 0 saturated carbocycles. The average Bonchev–Trinajstić information content (AvgIpc) is 2.52. The number of rotatable bonds is 5. The molecule has 6 heteroatoms. The molecule has 0 radical (unpaired) electrons. The van der Waals surface area contributed by atoms with E-state index in [-0.39, 0.29) is 12.0 Å². The van der Waals surface area contributed by atoms with E-state index < -0.39 is 0 Å². The van der Waals surface area contributed by atoms with Gasteiger partial charge in [0.2, 0.25) is 0 Å². The maximum Gasteiger partial charge on any atom is 0.253 e. The Hall–Kier alpha value is 0.0900.